The molecule has 1 aliphatic carbocycles. The van der Waals surface area contributed by atoms with Crippen molar-refractivity contribution in [3.05, 3.63) is 22.6 Å². The molecule has 66 valence electrons. The van der Waals surface area contributed by atoms with Crippen LogP contribution in [0.5, 0.6) is 0 Å². The van der Waals surface area contributed by atoms with Crippen LogP contribution in [0.1, 0.15) is 30.1 Å². The topological polar surface area (TPSA) is 39.2 Å². The van der Waals surface area contributed by atoms with Gasteiger partial charge in [0.2, 0.25) is 0 Å². The van der Waals surface area contributed by atoms with E-state index in [1.54, 1.807) is 0 Å². The summed E-state index contributed by atoms with van der Waals surface area (Å²) in [6.45, 7) is 0.697. The maximum atomic E-state index is 5.77. The number of rotatable bonds is 1. The van der Waals surface area contributed by atoms with E-state index in [1.165, 1.54) is 18.4 Å². The molecule has 1 aromatic heterocycles. The van der Waals surface area contributed by atoms with Gasteiger partial charge in [-0.2, -0.15) is 0 Å². The van der Waals surface area contributed by atoms with Crippen LogP contribution in [0, 0.1) is 0 Å². The molecule has 0 fully saturated rings. The molecule has 1 aromatic rings. The Hall–Kier alpha value is -0.470. The van der Waals surface area contributed by atoms with Crippen LogP contribution in [0.4, 0.5) is 0 Å². The quantitative estimate of drug-likeness (QED) is 0.730. The van der Waals surface area contributed by atoms with Gasteiger partial charge in [-0.25, -0.2) is 0 Å². The Balaban J connectivity index is 2.36. The number of fused-ring (bicyclic) bond motifs is 1. The van der Waals surface area contributed by atoms with Crippen molar-refractivity contribution in [2.45, 2.75) is 25.2 Å². The van der Waals surface area contributed by atoms with Crippen LogP contribution in [-0.2, 0) is 6.42 Å². The van der Waals surface area contributed by atoms with Crippen LogP contribution in [0.3, 0.4) is 0 Å². The summed E-state index contributed by atoms with van der Waals surface area (Å²) in [6.07, 6.45) is 3.34. The molecule has 0 spiro atoms. The first kappa shape index (κ1) is 8.14. The highest BCUT2D eigenvalue weighted by Crippen LogP contribution is 2.34. The SMILES string of the molecule is NCC1CCCc2oc(Cl)cc21. The molecule has 1 atom stereocenters. The number of aryl methyl sites for hydroxylation is 1. The van der Waals surface area contributed by atoms with Crippen molar-refractivity contribution in [3.63, 3.8) is 0 Å². The Bertz CT molecular complexity index is 282. The third-order valence-electron chi connectivity index (χ3n) is 2.49. The molecule has 0 bridgehead atoms. The van der Waals surface area contributed by atoms with Crippen LogP contribution in [0.25, 0.3) is 0 Å². The van der Waals surface area contributed by atoms with E-state index in [9.17, 15) is 0 Å². The molecule has 0 saturated carbocycles. The third kappa shape index (κ3) is 1.25. The van der Waals surface area contributed by atoms with Crippen molar-refractivity contribution in [2.75, 3.05) is 6.54 Å². The van der Waals surface area contributed by atoms with Gasteiger partial charge in [-0.1, -0.05) is 0 Å². The number of hydrogen-bond acceptors (Lipinski definition) is 2. The van der Waals surface area contributed by atoms with E-state index < -0.39 is 0 Å². The molecular weight excluding hydrogens is 174 g/mol. The highest BCUT2D eigenvalue weighted by molar-refractivity contribution is 6.28. The lowest BCUT2D eigenvalue weighted by Crippen LogP contribution is -2.16. The first-order valence-electron chi connectivity index (χ1n) is 4.29. The summed E-state index contributed by atoms with van der Waals surface area (Å²) in [5, 5.41) is 0.500. The molecule has 2 N–H and O–H groups in total. The minimum Gasteiger partial charge on any atom is -0.449 e. The van der Waals surface area contributed by atoms with Crippen LogP contribution in [0.15, 0.2) is 10.5 Å². The van der Waals surface area contributed by atoms with E-state index >= 15 is 0 Å². The van der Waals surface area contributed by atoms with Crippen molar-refractivity contribution in [1.29, 1.82) is 0 Å². The highest BCUT2D eigenvalue weighted by Gasteiger charge is 2.22. The molecule has 0 radical (unpaired) electrons. The lowest BCUT2D eigenvalue weighted by Gasteiger charge is -2.18. The average Bonchev–Trinajstić information content (AvgIpc) is 2.44. The molecule has 12 heavy (non-hydrogen) atoms. The average molecular weight is 186 g/mol. The molecule has 0 aliphatic heterocycles. The van der Waals surface area contributed by atoms with Gasteiger partial charge in [-0.05, 0) is 48.5 Å². The maximum absolute atomic E-state index is 5.77. The zero-order valence-corrected chi connectivity index (χ0v) is 7.60. The fourth-order valence-electron chi connectivity index (χ4n) is 1.86. The van der Waals surface area contributed by atoms with Crippen LogP contribution in [0.2, 0.25) is 5.22 Å². The summed E-state index contributed by atoms with van der Waals surface area (Å²) in [5.74, 6) is 1.51. The zero-order valence-electron chi connectivity index (χ0n) is 6.85. The normalized spacial score (nSPS) is 22.3. The Morgan fingerprint density at radius 3 is 3.25 bits per heavy atom. The van der Waals surface area contributed by atoms with Crippen LogP contribution in [-0.4, -0.2) is 6.54 Å². The van der Waals surface area contributed by atoms with Crippen molar-refractivity contribution in [3.8, 4) is 0 Å². The molecule has 0 amide bonds. The zero-order chi connectivity index (χ0) is 8.55. The predicted molar refractivity (Wildman–Crippen MR) is 48.5 cm³/mol. The Morgan fingerprint density at radius 1 is 1.67 bits per heavy atom. The van der Waals surface area contributed by atoms with Crippen molar-refractivity contribution < 1.29 is 4.42 Å². The van der Waals surface area contributed by atoms with Gasteiger partial charge in [0.25, 0.3) is 0 Å². The van der Waals surface area contributed by atoms with E-state index in [0.29, 0.717) is 17.7 Å². The minimum atomic E-state index is 0.463. The summed E-state index contributed by atoms with van der Waals surface area (Å²) >= 11 is 5.77. The van der Waals surface area contributed by atoms with Crippen molar-refractivity contribution in [2.24, 2.45) is 5.73 Å². The second-order valence-corrected chi connectivity index (χ2v) is 3.63. The second kappa shape index (κ2) is 3.11. The molecule has 0 saturated heterocycles. The molecule has 1 unspecified atom stereocenters. The Kier molecular flexibility index (Phi) is 2.11. The van der Waals surface area contributed by atoms with Gasteiger partial charge >= 0.3 is 0 Å². The van der Waals surface area contributed by atoms with Crippen molar-refractivity contribution >= 4 is 11.6 Å². The fourth-order valence-corrected chi connectivity index (χ4v) is 2.07. The van der Waals surface area contributed by atoms with E-state index in [-0.39, 0.29) is 0 Å². The lowest BCUT2D eigenvalue weighted by atomic mass is 9.87. The molecule has 0 aromatic carbocycles. The highest BCUT2D eigenvalue weighted by atomic mass is 35.5. The van der Waals surface area contributed by atoms with E-state index in [2.05, 4.69) is 0 Å². The molecule has 1 aliphatic rings. The first-order chi connectivity index (χ1) is 5.81. The summed E-state index contributed by atoms with van der Waals surface area (Å²) in [6, 6.07) is 1.91. The van der Waals surface area contributed by atoms with Crippen LogP contribution < -0.4 is 5.73 Å². The van der Waals surface area contributed by atoms with Crippen molar-refractivity contribution in [1.82, 2.24) is 0 Å². The van der Waals surface area contributed by atoms with Gasteiger partial charge in [-0.15, -0.1) is 0 Å². The number of nitrogens with two attached hydrogens (primary N) is 1. The molecule has 3 heteroatoms. The molecule has 1 heterocycles. The van der Waals surface area contributed by atoms with Gasteiger partial charge in [0.15, 0.2) is 5.22 Å². The Labute approximate surface area is 76.7 Å². The fraction of sp³-hybridized carbons (Fsp3) is 0.556. The number of halogens is 1. The number of furan rings is 1. The van der Waals surface area contributed by atoms with E-state index in [0.717, 1.165) is 12.2 Å². The molecular formula is C9H12ClNO. The minimum absolute atomic E-state index is 0.463. The smallest absolute Gasteiger partial charge is 0.193 e. The predicted octanol–water partition coefficient (Wildman–Crippen LogP) is 2.31. The largest absolute Gasteiger partial charge is 0.449 e. The van der Waals surface area contributed by atoms with E-state index in [4.69, 9.17) is 21.8 Å². The summed E-state index contributed by atoms with van der Waals surface area (Å²) in [4.78, 5) is 0. The second-order valence-electron chi connectivity index (χ2n) is 3.25. The summed E-state index contributed by atoms with van der Waals surface area (Å²) in [5.41, 5.74) is 6.87. The third-order valence-corrected chi connectivity index (χ3v) is 2.68. The summed E-state index contributed by atoms with van der Waals surface area (Å²) in [7, 11) is 0. The molecule has 2 rings (SSSR count). The van der Waals surface area contributed by atoms with E-state index in [1.807, 2.05) is 6.07 Å². The van der Waals surface area contributed by atoms with Crippen LogP contribution >= 0.6 is 11.6 Å². The monoisotopic (exact) mass is 185 g/mol. The first-order valence-corrected chi connectivity index (χ1v) is 4.67. The van der Waals surface area contributed by atoms with Gasteiger partial charge in [-0.3, -0.25) is 0 Å². The Morgan fingerprint density at radius 2 is 2.50 bits per heavy atom. The van der Waals surface area contributed by atoms with Gasteiger partial charge in [0.05, 0.1) is 0 Å². The van der Waals surface area contributed by atoms with Gasteiger partial charge in [0, 0.05) is 6.42 Å². The van der Waals surface area contributed by atoms with Gasteiger partial charge < -0.3 is 10.2 Å². The van der Waals surface area contributed by atoms with Gasteiger partial charge in [0.1, 0.15) is 5.76 Å². The number of hydrogen-bond donors (Lipinski definition) is 1. The standard InChI is InChI=1S/C9H12ClNO/c10-9-4-7-6(5-11)2-1-3-8(7)12-9/h4,6H,1-3,5,11H2. The molecule has 2 nitrogen and oxygen atoms in total. The summed E-state index contributed by atoms with van der Waals surface area (Å²) < 4.78 is 5.35. The lowest BCUT2D eigenvalue weighted by molar-refractivity contribution is 0.453. The maximum Gasteiger partial charge on any atom is 0.193 e.